The first kappa shape index (κ1) is 17.1. The lowest BCUT2D eigenvalue weighted by molar-refractivity contribution is -0.136. The molecule has 8 heteroatoms. The summed E-state index contributed by atoms with van der Waals surface area (Å²) in [4.78, 5) is 11.0. The highest BCUT2D eigenvalue weighted by molar-refractivity contribution is 7.88. The van der Waals surface area contributed by atoms with Crippen LogP contribution in [0.15, 0.2) is 48.8 Å². The fourth-order valence-corrected chi connectivity index (χ4v) is 3.51. The zero-order chi connectivity index (χ0) is 18.0. The largest absolute Gasteiger partial charge is 0.481 e. The summed E-state index contributed by atoms with van der Waals surface area (Å²) in [6.45, 7) is 0. The molecule has 0 amide bonds. The quantitative estimate of drug-likeness (QED) is 0.697. The molecule has 2 N–H and O–H groups in total. The maximum atomic E-state index is 11.9. The van der Waals surface area contributed by atoms with Gasteiger partial charge in [-0.15, -0.1) is 0 Å². The van der Waals surface area contributed by atoms with Crippen LogP contribution in [0.3, 0.4) is 0 Å². The first-order chi connectivity index (χ1) is 11.9. The lowest BCUT2D eigenvalue weighted by atomic mass is 10.0. The molecule has 0 aliphatic heterocycles. The molecular formula is C17H17N3O4S. The Bertz CT molecular complexity index is 1040. The van der Waals surface area contributed by atoms with Crippen molar-refractivity contribution in [2.45, 2.75) is 12.2 Å². The Balaban J connectivity index is 2.09. The van der Waals surface area contributed by atoms with Crippen LogP contribution in [0.25, 0.3) is 16.6 Å². The molecule has 0 saturated heterocycles. The van der Waals surface area contributed by atoms with E-state index in [9.17, 15) is 13.2 Å². The average molecular weight is 359 g/mol. The van der Waals surface area contributed by atoms with E-state index in [1.54, 1.807) is 22.8 Å². The summed E-state index contributed by atoms with van der Waals surface area (Å²) < 4.78 is 27.7. The molecule has 0 fully saturated rings. The Kier molecular flexibility index (Phi) is 4.56. The molecule has 1 aromatic carbocycles. The third-order valence-electron chi connectivity index (χ3n) is 3.93. The zero-order valence-electron chi connectivity index (χ0n) is 13.5. The molecule has 0 radical (unpaired) electrons. The molecule has 0 bridgehead atoms. The van der Waals surface area contributed by atoms with E-state index in [0.717, 1.165) is 11.1 Å². The van der Waals surface area contributed by atoms with Crippen molar-refractivity contribution in [3.05, 3.63) is 59.9 Å². The Morgan fingerprint density at radius 2 is 2.00 bits per heavy atom. The van der Waals surface area contributed by atoms with Crippen molar-refractivity contribution < 1.29 is 18.3 Å². The van der Waals surface area contributed by atoms with Gasteiger partial charge in [-0.1, -0.05) is 24.3 Å². The molecule has 0 spiro atoms. The van der Waals surface area contributed by atoms with E-state index in [0.29, 0.717) is 16.6 Å². The highest BCUT2D eigenvalue weighted by atomic mass is 32.2. The van der Waals surface area contributed by atoms with Crippen LogP contribution >= 0.6 is 0 Å². The Morgan fingerprint density at radius 3 is 2.72 bits per heavy atom. The van der Waals surface area contributed by atoms with E-state index in [4.69, 9.17) is 5.11 Å². The summed E-state index contributed by atoms with van der Waals surface area (Å²) in [6.07, 6.45) is 3.15. The molecule has 7 nitrogen and oxygen atoms in total. The molecular weight excluding hydrogens is 342 g/mol. The minimum Gasteiger partial charge on any atom is -0.481 e. The van der Waals surface area contributed by atoms with Gasteiger partial charge in [-0.3, -0.25) is 4.79 Å². The predicted molar refractivity (Wildman–Crippen MR) is 93.7 cm³/mol. The van der Waals surface area contributed by atoms with Crippen molar-refractivity contribution in [1.82, 2.24) is 14.3 Å². The number of hydrogen-bond donors (Lipinski definition) is 2. The van der Waals surface area contributed by atoms with Crippen molar-refractivity contribution in [2.24, 2.45) is 0 Å². The van der Waals surface area contributed by atoms with Crippen LogP contribution < -0.4 is 4.72 Å². The molecule has 2 heterocycles. The smallest absolute Gasteiger partial charge is 0.307 e. The highest BCUT2D eigenvalue weighted by Crippen LogP contribution is 2.27. The van der Waals surface area contributed by atoms with Crippen molar-refractivity contribution in [3.8, 4) is 11.1 Å². The first-order valence-corrected chi connectivity index (χ1v) is 9.22. The summed E-state index contributed by atoms with van der Waals surface area (Å²) in [5, 5.41) is 13.2. The summed E-state index contributed by atoms with van der Waals surface area (Å²) in [6, 6.07) is 10.9. The number of pyridine rings is 1. The van der Waals surface area contributed by atoms with Crippen LogP contribution in [0.4, 0.5) is 0 Å². The molecule has 0 aliphatic rings. The van der Waals surface area contributed by atoms with Gasteiger partial charge in [-0.2, -0.15) is 5.10 Å². The second-order valence-electron chi connectivity index (χ2n) is 5.61. The Labute approximate surface area is 145 Å². The number of benzene rings is 1. The van der Waals surface area contributed by atoms with Gasteiger partial charge in [0.15, 0.2) is 0 Å². The maximum Gasteiger partial charge on any atom is 0.307 e. The SMILES string of the molecule is CNS(=O)(=O)Cc1ccccc1-c1ccn2ncc(CC(=O)O)c2c1. The summed E-state index contributed by atoms with van der Waals surface area (Å²) in [7, 11) is -2.02. The normalized spacial score (nSPS) is 11.7. The van der Waals surface area contributed by atoms with Crippen LogP contribution in [-0.4, -0.2) is 36.2 Å². The first-order valence-electron chi connectivity index (χ1n) is 7.57. The third-order valence-corrected chi connectivity index (χ3v) is 5.24. The number of aliphatic carboxylic acids is 1. The third kappa shape index (κ3) is 3.70. The van der Waals surface area contributed by atoms with Crippen molar-refractivity contribution in [3.63, 3.8) is 0 Å². The van der Waals surface area contributed by atoms with Gasteiger partial charge in [-0.05, 0) is 35.9 Å². The van der Waals surface area contributed by atoms with Crippen LogP contribution in [0, 0.1) is 0 Å². The lowest BCUT2D eigenvalue weighted by Gasteiger charge is -2.10. The summed E-state index contributed by atoms with van der Waals surface area (Å²) >= 11 is 0. The fraction of sp³-hybridized carbons (Fsp3) is 0.176. The molecule has 3 rings (SSSR count). The number of nitrogens with one attached hydrogen (secondary N) is 1. The number of hydrogen-bond acceptors (Lipinski definition) is 4. The fourth-order valence-electron chi connectivity index (χ4n) is 2.70. The molecule has 130 valence electrons. The topological polar surface area (TPSA) is 101 Å². The van der Waals surface area contributed by atoms with Crippen molar-refractivity contribution in [2.75, 3.05) is 7.05 Å². The zero-order valence-corrected chi connectivity index (χ0v) is 14.3. The van der Waals surface area contributed by atoms with Gasteiger partial charge in [0.25, 0.3) is 0 Å². The van der Waals surface area contributed by atoms with Gasteiger partial charge >= 0.3 is 5.97 Å². The van der Waals surface area contributed by atoms with E-state index in [1.165, 1.54) is 13.2 Å². The molecule has 0 atom stereocenters. The van der Waals surface area contributed by atoms with Crippen LogP contribution in [0.2, 0.25) is 0 Å². The molecule has 0 aliphatic carbocycles. The van der Waals surface area contributed by atoms with Gasteiger partial charge in [0.2, 0.25) is 10.0 Å². The van der Waals surface area contributed by atoms with Crippen LogP contribution in [-0.2, 0) is 27.0 Å². The van der Waals surface area contributed by atoms with E-state index in [2.05, 4.69) is 9.82 Å². The van der Waals surface area contributed by atoms with Crippen molar-refractivity contribution >= 4 is 21.5 Å². The summed E-state index contributed by atoms with van der Waals surface area (Å²) in [5.74, 6) is -1.06. The Morgan fingerprint density at radius 1 is 1.24 bits per heavy atom. The number of nitrogens with zero attached hydrogens (tertiary/aromatic N) is 2. The Hall–Kier alpha value is -2.71. The lowest BCUT2D eigenvalue weighted by Crippen LogP contribution is -2.20. The van der Waals surface area contributed by atoms with E-state index < -0.39 is 16.0 Å². The highest BCUT2D eigenvalue weighted by Gasteiger charge is 2.14. The number of carboxylic acid groups (broad SMARTS) is 1. The van der Waals surface area contributed by atoms with E-state index in [1.807, 2.05) is 24.3 Å². The van der Waals surface area contributed by atoms with Gasteiger partial charge in [0, 0.05) is 11.8 Å². The minimum atomic E-state index is -3.40. The second-order valence-corrected chi connectivity index (χ2v) is 7.53. The van der Waals surface area contributed by atoms with Gasteiger partial charge < -0.3 is 5.11 Å². The van der Waals surface area contributed by atoms with E-state index >= 15 is 0 Å². The molecule has 0 saturated carbocycles. The predicted octanol–water partition coefficient (Wildman–Crippen LogP) is 1.68. The number of aromatic nitrogens is 2. The van der Waals surface area contributed by atoms with E-state index in [-0.39, 0.29) is 12.2 Å². The van der Waals surface area contributed by atoms with Crippen LogP contribution in [0.5, 0.6) is 0 Å². The van der Waals surface area contributed by atoms with Gasteiger partial charge in [0.05, 0.1) is 23.9 Å². The molecule has 2 aromatic heterocycles. The number of fused-ring (bicyclic) bond motifs is 1. The average Bonchev–Trinajstić information content (AvgIpc) is 2.97. The van der Waals surface area contributed by atoms with Gasteiger partial charge in [0.1, 0.15) is 0 Å². The maximum absolute atomic E-state index is 11.9. The van der Waals surface area contributed by atoms with Crippen LogP contribution in [0.1, 0.15) is 11.1 Å². The summed E-state index contributed by atoms with van der Waals surface area (Å²) in [5.41, 5.74) is 3.55. The number of rotatable bonds is 6. The van der Waals surface area contributed by atoms with Gasteiger partial charge in [-0.25, -0.2) is 17.7 Å². The number of carboxylic acids is 1. The standard InChI is InChI=1S/C17H17N3O4S/c1-18-25(23,24)11-13-4-2-3-5-15(13)12-6-7-20-16(8-12)14(10-19-20)9-17(21)22/h2-8,10,18H,9,11H2,1H3,(H,21,22). The second kappa shape index (κ2) is 6.66. The number of carbonyl (C=O) groups is 1. The molecule has 3 aromatic rings. The molecule has 25 heavy (non-hydrogen) atoms. The minimum absolute atomic E-state index is 0.122. The van der Waals surface area contributed by atoms with Crippen molar-refractivity contribution in [1.29, 1.82) is 0 Å². The number of sulfonamides is 1. The molecule has 0 unspecified atom stereocenters. The monoisotopic (exact) mass is 359 g/mol.